The van der Waals surface area contributed by atoms with Gasteiger partial charge in [-0.1, -0.05) is 68.3 Å². The summed E-state index contributed by atoms with van der Waals surface area (Å²) in [5.74, 6) is 0.0605. The van der Waals surface area contributed by atoms with Crippen molar-refractivity contribution in [2.45, 2.75) is 32.6 Å². The van der Waals surface area contributed by atoms with E-state index in [0.29, 0.717) is 6.42 Å². The monoisotopic (exact) mass is 332 g/mol. The van der Waals surface area contributed by atoms with Crippen LogP contribution in [0.5, 0.6) is 0 Å². The molecule has 3 rings (SSSR count). The number of amides is 1. The van der Waals surface area contributed by atoms with E-state index in [2.05, 4.69) is 35.4 Å². The van der Waals surface area contributed by atoms with Gasteiger partial charge in [0.1, 0.15) is 0 Å². The van der Waals surface area contributed by atoms with Crippen LogP contribution in [0.15, 0.2) is 60.8 Å². The van der Waals surface area contributed by atoms with Gasteiger partial charge in [0.25, 0.3) is 0 Å². The normalized spacial score (nSPS) is 10.8. The molecule has 0 aliphatic rings. The molecule has 0 bridgehead atoms. The van der Waals surface area contributed by atoms with Crippen molar-refractivity contribution in [3.8, 4) is 11.1 Å². The lowest BCUT2D eigenvalue weighted by Crippen LogP contribution is -2.26. The Morgan fingerprint density at radius 1 is 1.00 bits per heavy atom. The van der Waals surface area contributed by atoms with Gasteiger partial charge in [0, 0.05) is 18.1 Å². The summed E-state index contributed by atoms with van der Waals surface area (Å²) in [6.45, 7) is 2.91. The van der Waals surface area contributed by atoms with E-state index in [1.807, 2.05) is 42.6 Å². The van der Waals surface area contributed by atoms with E-state index < -0.39 is 0 Å². The Balaban J connectivity index is 1.91. The molecule has 1 N–H and O–H groups in total. The summed E-state index contributed by atoms with van der Waals surface area (Å²) in [5, 5.41) is 4.11. The highest BCUT2D eigenvalue weighted by atomic mass is 16.1. The largest absolute Gasteiger partial charge is 0.356 e. The maximum Gasteiger partial charge on any atom is 0.224 e. The number of pyridine rings is 1. The molecule has 0 radical (unpaired) electrons. The van der Waals surface area contributed by atoms with Crippen LogP contribution in [-0.4, -0.2) is 17.4 Å². The van der Waals surface area contributed by atoms with E-state index in [9.17, 15) is 4.79 Å². The minimum absolute atomic E-state index is 0.0605. The van der Waals surface area contributed by atoms with Crippen LogP contribution >= 0.6 is 0 Å². The second-order valence-corrected chi connectivity index (χ2v) is 6.28. The first-order valence-corrected chi connectivity index (χ1v) is 8.98. The summed E-state index contributed by atoms with van der Waals surface area (Å²) in [5.41, 5.74) is 4.15. The average Bonchev–Trinajstić information content (AvgIpc) is 2.66. The average molecular weight is 332 g/mol. The number of rotatable bonds is 7. The fraction of sp³-hybridized carbons (Fsp3) is 0.273. The predicted molar refractivity (Wildman–Crippen MR) is 103 cm³/mol. The summed E-state index contributed by atoms with van der Waals surface area (Å²) < 4.78 is 0. The van der Waals surface area contributed by atoms with Gasteiger partial charge in [-0.15, -0.1) is 0 Å². The minimum Gasteiger partial charge on any atom is -0.356 e. The standard InChI is InChI=1S/C22H24N2O/c1-2-3-9-14-23-21(25)15-18-16-24-20-13-8-7-12-19(20)22(18)17-10-5-4-6-11-17/h4-8,10-13,16H,2-3,9,14-15H2,1H3,(H,23,25). The second kappa shape index (κ2) is 8.43. The highest BCUT2D eigenvalue weighted by Crippen LogP contribution is 2.31. The van der Waals surface area contributed by atoms with Crippen molar-refractivity contribution in [3.05, 3.63) is 66.4 Å². The third-order valence-electron chi connectivity index (χ3n) is 4.37. The first kappa shape index (κ1) is 17.2. The van der Waals surface area contributed by atoms with Gasteiger partial charge in [0.05, 0.1) is 11.9 Å². The maximum atomic E-state index is 12.4. The molecule has 1 aromatic heterocycles. The van der Waals surface area contributed by atoms with Gasteiger partial charge in [-0.2, -0.15) is 0 Å². The van der Waals surface area contributed by atoms with Gasteiger partial charge in [-0.3, -0.25) is 9.78 Å². The molecule has 3 nitrogen and oxygen atoms in total. The summed E-state index contributed by atoms with van der Waals surface area (Å²) in [7, 11) is 0. The van der Waals surface area contributed by atoms with E-state index >= 15 is 0 Å². The number of carbonyl (C=O) groups is 1. The predicted octanol–water partition coefficient (Wildman–Crippen LogP) is 4.75. The number of hydrogen-bond donors (Lipinski definition) is 1. The molecule has 0 aliphatic heterocycles. The lowest BCUT2D eigenvalue weighted by Gasteiger charge is -2.13. The van der Waals surface area contributed by atoms with Crippen molar-refractivity contribution in [1.82, 2.24) is 10.3 Å². The van der Waals surface area contributed by atoms with Crippen LogP contribution in [0.2, 0.25) is 0 Å². The molecule has 2 aromatic carbocycles. The van der Waals surface area contributed by atoms with Crippen LogP contribution in [0, 0.1) is 0 Å². The van der Waals surface area contributed by atoms with Gasteiger partial charge in [-0.05, 0) is 29.2 Å². The molecule has 0 saturated carbocycles. The smallest absolute Gasteiger partial charge is 0.224 e. The zero-order valence-electron chi connectivity index (χ0n) is 14.7. The Morgan fingerprint density at radius 3 is 2.56 bits per heavy atom. The first-order chi connectivity index (χ1) is 12.3. The number of hydrogen-bond acceptors (Lipinski definition) is 2. The van der Waals surface area contributed by atoms with Crippen LogP contribution < -0.4 is 5.32 Å². The highest BCUT2D eigenvalue weighted by Gasteiger charge is 2.13. The van der Waals surface area contributed by atoms with Gasteiger partial charge >= 0.3 is 0 Å². The Kier molecular flexibility index (Phi) is 5.78. The van der Waals surface area contributed by atoms with Crippen LogP contribution in [0.4, 0.5) is 0 Å². The Hall–Kier alpha value is -2.68. The number of nitrogens with one attached hydrogen (secondary N) is 1. The lowest BCUT2D eigenvalue weighted by molar-refractivity contribution is -0.120. The Labute approximate surface area is 149 Å². The number of aromatic nitrogens is 1. The van der Waals surface area contributed by atoms with Gasteiger partial charge in [0.2, 0.25) is 5.91 Å². The summed E-state index contributed by atoms with van der Waals surface area (Å²) >= 11 is 0. The van der Waals surface area contributed by atoms with Crippen LogP contribution in [0.1, 0.15) is 31.7 Å². The van der Waals surface area contributed by atoms with Crippen molar-refractivity contribution in [3.63, 3.8) is 0 Å². The fourth-order valence-electron chi connectivity index (χ4n) is 3.10. The van der Waals surface area contributed by atoms with Crippen LogP contribution in [0.25, 0.3) is 22.0 Å². The summed E-state index contributed by atoms with van der Waals surface area (Å²) in [4.78, 5) is 16.9. The molecular weight excluding hydrogens is 308 g/mol. The first-order valence-electron chi connectivity index (χ1n) is 8.98. The topological polar surface area (TPSA) is 42.0 Å². The molecular formula is C22H24N2O. The molecule has 0 aliphatic carbocycles. The third kappa shape index (κ3) is 4.24. The van der Waals surface area contributed by atoms with Crippen molar-refractivity contribution in [2.75, 3.05) is 6.54 Å². The Morgan fingerprint density at radius 2 is 1.76 bits per heavy atom. The van der Waals surface area contributed by atoms with Crippen LogP contribution in [0.3, 0.4) is 0 Å². The highest BCUT2D eigenvalue weighted by molar-refractivity contribution is 5.97. The van der Waals surface area contributed by atoms with E-state index in [1.165, 1.54) is 0 Å². The number of nitrogens with zero attached hydrogens (tertiary/aromatic N) is 1. The Bertz CT molecular complexity index is 843. The molecule has 0 atom stereocenters. The number of fused-ring (bicyclic) bond motifs is 1. The zero-order valence-corrected chi connectivity index (χ0v) is 14.7. The minimum atomic E-state index is 0.0605. The van der Waals surface area contributed by atoms with E-state index in [-0.39, 0.29) is 5.91 Å². The second-order valence-electron chi connectivity index (χ2n) is 6.28. The molecule has 0 spiro atoms. The molecule has 1 heterocycles. The zero-order chi connectivity index (χ0) is 17.5. The molecule has 3 aromatic rings. The van der Waals surface area contributed by atoms with Crippen molar-refractivity contribution in [2.24, 2.45) is 0 Å². The molecule has 0 unspecified atom stereocenters. The van der Waals surface area contributed by atoms with Gasteiger partial charge in [-0.25, -0.2) is 0 Å². The molecule has 25 heavy (non-hydrogen) atoms. The summed E-state index contributed by atoms with van der Waals surface area (Å²) in [6, 6.07) is 18.3. The molecule has 128 valence electrons. The van der Waals surface area contributed by atoms with Gasteiger partial charge in [0.15, 0.2) is 0 Å². The summed E-state index contributed by atoms with van der Waals surface area (Å²) in [6.07, 6.45) is 5.53. The van der Waals surface area contributed by atoms with Crippen LogP contribution in [-0.2, 0) is 11.2 Å². The van der Waals surface area contributed by atoms with Crippen molar-refractivity contribution < 1.29 is 4.79 Å². The van der Waals surface area contributed by atoms with E-state index in [0.717, 1.165) is 53.4 Å². The SMILES string of the molecule is CCCCCNC(=O)Cc1cnc2ccccc2c1-c1ccccc1. The lowest BCUT2D eigenvalue weighted by atomic mass is 9.95. The number of carbonyl (C=O) groups excluding carboxylic acids is 1. The van der Waals surface area contributed by atoms with Crippen molar-refractivity contribution in [1.29, 1.82) is 0 Å². The van der Waals surface area contributed by atoms with Gasteiger partial charge < -0.3 is 5.32 Å². The number of para-hydroxylation sites is 1. The quantitative estimate of drug-likeness (QED) is 0.634. The molecule has 0 saturated heterocycles. The van der Waals surface area contributed by atoms with E-state index in [1.54, 1.807) is 0 Å². The number of unbranched alkanes of at least 4 members (excludes halogenated alkanes) is 2. The maximum absolute atomic E-state index is 12.4. The van der Waals surface area contributed by atoms with E-state index in [4.69, 9.17) is 0 Å². The number of benzene rings is 2. The third-order valence-corrected chi connectivity index (χ3v) is 4.37. The molecule has 3 heteroatoms. The van der Waals surface area contributed by atoms with Crippen molar-refractivity contribution >= 4 is 16.8 Å². The molecule has 1 amide bonds. The molecule has 0 fully saturated rings. The fourth-order valence-corrected chi connectivity index (χ4v) is 3.10.